The third-order valence-corrected chi connectivity index (χ3v) is 4.13. The first-order valence-electron chi connectivity index (χ1n) is 7.86. The normalized spacial score (nSPS) is 15.8. The van der Waals surface area contributed by atoms with Gasteiger partial charge in [0.15, 0.2) is 11.4 Å². The molecule has 1 fully saturated rings. The van der Waals surface area contributed by atoms with Crippen molar-refractivity contribution in [2.24, 2.45) is 0 Å². The molecule has 130 valence electrons. The lowest BCUT2D eigenvalue weighted by Gasteiger charge is -2.34. The number of piperazine rings is 1. The number of fused-ring (bicyclic) bond motifs is 1. The van der Waals surface area contributed by atoms with Gasteiger partial charge in [0.25, 0.3) is 0 Å². The van der Waals surface area contributed by atoms with Gasteiger partial charge in [-0.25, -0.2) is 4.98 Å². The third kappa shape index (κ3) is 2.98. The van der Waals surface area contributed by atoms with Crippen LogP contribution in [0.25, 0.3) is 17.2 Å². The van der Waals surface area contributed by atoms with E-state index < -0.39 is 5.97 Å². The average Bonchev–Trinajstić information content (AvgIpc) is 3.24. The van der Waals surface area contributed by atoms with E-state index in [0.717, 1.165) is 0 Å². The smallest absolute Gasteiger partial charge is 0.317 e. The molecule has 0 atom stereocenters. The molecule has 0 aromatic carbocycles. The maximum Gasteiger partial charge on any atom is 0.317 e. The quantitative estimate of drug-likeness (QED) is 0.681. The Morgan fingerprint density at radius 1 is 1.28 bits per heavy atom. The number of anilines is 2. The van der Waals surface area contributed by atoms with Crippen LogP contribution in [-0.2, 0) is 4.79 Å². The van der Waals surface area contributed by atoms with E-state index in [2.05, 4.69) is 20.0 Å². The van der Waals surface area contributed by atoms with Crippen molar-refractivity contribution in [2.45, 2.75) is 0 Å². The van der Waals surface area contributed by atoms with E-state index in [4.69, 9.17) is 15.3 Å². The fraction of sp³-hybridized carbons (Fsp3) is 0.333. The summed E-state index contributed by atoms with van der Waals surface area (Å²) >= 11 is 0. The van der Waals surface area contributed by atoms with Gasteiger partial charge in [-0.05, 0) is 12.1 Å². The van der Waals surface area contributed by atoms with E-state index in [0.29, 0.717) is 49.2 Å². The Bertz CT molecular complexity index is 897. The Morgan fingerprint density at radius 2 is 2.08 bits per heavy atom. The molecule has 1 saturated heterocycles. The molecule has 0 bridgehead atoms. The van der Waals surface area contributed by atoms with Crippen molar-refractivity contribution in [2.75, 3.05) is 43.4 Å². The lowest BCUT2D eigenvalue weighted by molar-refractivity contribution is -0.138. The zero-order valence-electron chi connectivity index (χ0n) is 13.4. The molecule has 4 rings (SSSR count). The maximum absolute atomic E-state index is 10.8. The van der Waals surface area contributed by atoms with Crippen LogP contribution in [-0.4, -0.2) is 68.3 Å². The summed E-state index contributed by atoms with van der Waals surface area (Å²) in [5.41, 5.74) is 6.61. The minimum Gasteiger partial charge on any atom is -0.480 e. The maximum atomic E-state index is 10.8. The summed E-state index contributed by atoms with van der Waals surface area (Å²) in [6.45, 7) is 2.72. The molecule has 0 saturated carbocycles. The Balaban J connectivity index is 1.58. The first kappa shape index (κ1) is 15.4. The zero-order chi connectivity index (χ0) is 17.4. The van der Waals surface area contributed by atoms with Gasteiger partial charge < -0.3 is 20.2 Å². The van der Waals surface area contributed by atoms with Crippen molar-refractivity contribution in [3.05, 3.63) is 24.5 Å². The lowest BCUT2D eigenvalue weighted by Crippen LogP contribution is -2.48. The second kappa shape index (κ2) is 6.06. The van der Waals surface area contributed by atoms with Crippen molar-refractivity contribution >= 4 is 23.4 Å². The monoisotopic (exact) mass is 343 g/mol. The number of rotatable bonds is 4. The summed E-state index contributed by atoms with van der Waals surface area (Å²) in [5.74, 6) is 1.14. The van der Waals surface area contributed by atoms with Gasteiger partial charge in [-0.2, -0.15) is 9.50 Å². The van der Waals surface area contributed by atoms with Crippen LogP contribution in [0.1, 0.15) is 0 Å². The molecule has 0 amide bonds. The molecular weight excluding hydrogens is 326 g/mol. The van der Waals surface area contributed by atoms with Gasteiger partial charge in [0.1, 0.15) is 5.82 Å². The largest absolute Gasteiger partial charge is 0.480 e. The number of carbonyl (C=O) groups is 1. The van der Waals surface area contributed by atoms with Crippen LogP contribution in [0.3, 0.4) is 0 Å². The van der Waals surface area contributed by atoms with Crippen molar-refractivity contribution < 1.29 is 14.3 Å². The highest BCUT2D eigenvalue weighted by Crippen LogP contribution is 2.21. The lowest BCUT2D eigenvalue weighted by atomic mass is 10.3. The minimum absolute atomic E-state index is 0.0547. The van der Waals surface area contributed by atoms with E-state index in [9.17, 15) is 4.79 Å². The minimum atomic E-state index is -0.814. The molecule has 1 aliphatic heterocycles. The highest BCUT2D eigenvalue weighted by Gasteiger charge is 2.21. The van der Waals surface area contributed by atoms with Gasteiger partial charge in [0, 0.05) is 32.2 Å². The SMILES string of the molecule is Nc1nc(N2CCN(CC(=O)O)CC2)cc2nc(-c3ccco3)nn12. The van der Waals surface area contributed by atoms with E-state index in [1.165, 1.54) is 4.52 Å². The summed E-state index contributed by atoms with van der Waals surface area (Å²) in [6, 6.07) is 5.37. The van der Waals surface area contributed by atoms with Crippen LogP contribution < -0.4 is 10.6 Å². The number of carboxylic acids is 1. The first-order chi connectivity index (χ1) is 12.1. The Hall–Kier alpha value is -3.14. The van der Waals surface area contributed by atoms with Crippen LogP contribution in [0.2, 0.25) is 0 Å². The van der Waals surface area contributed by atoms with Gasteiger partial charge in [0.05, 0.1) is 12.8 Å². The molecule has 3 aromatic rings. The number of nitrogens with two attached hydrogens (primary N) is 1. The molecule has 10 heteroatoms. The van der Waals surface area contributed by atoms with Gasteiger partial charge in [-0.3, -0.25) is 9.69 Å². The predicted octanol–water partition coefficient (Wildman–Crippen LogP) is 0.173. The van der Waals surface area contributed by atoms with E-state index in [-0.39, 0.29) is 12.5 Å². The van der Waals surface area contributed by atoms with Gasteiger partial charge in [-0.1, -0.05) is 0 Å². The number of carboxylic acid groups (broad SMARTS) is 1. The van der Waals surface area contributed by atoms with Crippen LogP contribution in [0.15, 0.2) is 28.9 Å². The highest BCUT2D eigenvalue weighted by molar-refractivity contribution is 5.69. The number of aliphatic carboxylic acids is 1. The number of nitrogens with zero attached hydrogens (tertiary/aromatic N) is 6. The van der Waals surface area contributed by atoms with Gasteiger partial charge in [-0.15, -0.1) is 5.10 Å². The number of nitrogen functional groups attached to an aromatic ring is 1. The van der Waals surface area contributed by atoms with E-state index in [1.54, 1.807) is 18.4 Å². The van der Waals surface area contributed by atoms with Crippen molar-refractivity contribution in [3.8, 4) is 11.6 Å². The van der Waals surface area contributed by atoms with Crippen LogP contribution in [0.5, 0.6) is 0 Å². The number of hydrogen-bond acceptors (Lipinski definition) is 8. The second-order valence-corrected chi connectivity index (χ2v) is 5.81. The molecule has 0 aliphatic carbocycles. The summed E-state index contributed by atoms with van der Waals surface area (Å²) < 4.78 is 6.79. The van der Waals surface area contributed by atoms with E-state index in [1.807, 2.05) is 11.0 Å². The standard InChI is InChI=1S/C15H17N7O3/c16-15-18-11(21-5-3-20(4-6-21)9-13(23)24)8-12-17-14(19-22(12)15)10-2-1-7-25-10/h1-2,7-8H,3-6,9H2,(H2,16,18)(H,23,24). The van der Waals surface area contributed by atoms with E-state index >= 15 is 0 Å². The molecule has 3 N–H and O–H groups in total. The molecule has 3 aromatic heterocycles. The van der Waals surface area contributed by atoms with Crippen molar-refractivity contribution in [3.63, 3.8) is 0 Å². The average molecular weight is 343 g/mol. The zero-order valence-corrected chi connectivity index (χ0v) is 13.4. The van der Waals surface area contributed by atoms with Crippen LogP contribution in [0.4, 0.5) is 11.8 Å². The number of furan rings is 1. The van der Waals surface area contributed by atoms with Crippen LogP contribution in [0, 0.1) is 0 Å². The van der Waals surface area contributed by atoms with Crippen molar-refractivity contribution in [1.29, 1.82) is 0 Å². The summed E-state index contributed by atoms with van der Waals surface area (Å²) in [6.07, 6.45) is 1.56. The molecule has 10 nitrogen and oxygen atoms in total. The Kier molecular flexibility index (Phi) is 3.73. The number of aromatic nitrogens is 4. The molecule has 1 aliphatic rings. The molecule has 4 heterocycles. The van der Waals surface area contributed by atoms with Gasteiger partial charge >= 0.3 is 5.97 Å². The van der Waals surface area contributed by atoms with Crippen LogP contribution >= 0.6 is 0 Å². The first-order valence-corrected chi connectivity index (χ1v) is 7.86. The molecule has 0 radical (unpaired) electrons. The summed E-state index contributed by atoms with van der Waals surface area (Å²) in [7, 11) is 0. The molecular formula is C15H17N7O3. The Labute approximate surface area is 142 Å². The summed E-state index contributed by atoms with van der Waals surface area (Å²) in [4.78, 5) is 23.6. The third-order valence-electron chi connectivity index (χ3n) is 4.13. The topological polar surface area (TPSA) is 126 Å². The Morgan fingerprint density at radius 3 is 2.76 bits per heavy atom. The molecule has 0 spiro atoms. The predicted molar refractivity (Wildman–Crippen MR) is 89.2 cm³/mol. The summed E-state index contributed by atoms with van der Waals surface area (Å²) in [5, 5.41) is 13.2. The fourth-order valence-corrected chi connectivity index (χ4v) is 2.90. The number of hydrogen-bond donors (Lipinski definition) is 2. The molecule has 0 unspecified atom stereocenters. The second-order valence-electron chi connectivity index (χ2n) is 5.81. The fourth-order valence-electron chi connectivity index (χ4n) is 2.90. The highest BCUT2D eigenvalue weighted by atomic mass is 16.4. The molecule has 25 heavy (non-hydrogen) atoms. The van der Waals surface area contributed by atoms with Crippen molar-refractivity contribution in [1.82, 2.24) is 24.5 Å². The van der Waals surface area contributed by atoms with Gasteiger partial charge in [0.2, 0.25) is 11.8 Å².